The van der Waals surface area contributed by atoms with E-state index >= 15 is 0 Å². The van der Waals surface area contributed by atoms with E-state index in [0.717, 1.165) is 0 Å². The van der Waals surface area contributed by atoms with Crippen LogP contribution in [-0.4, -0.2) is 23.8 Å². The van der Waals surface area contributed by atoms with Crippen LogP contribution in [0, 0.1) is 6.92 Å². The van der Waals surface area contributed by atoms with Crippen LogP contribution in [-0.2, 0) is 4.74 Å². The molecule has 0 amide bonds. The molecule has 0 fully saturated rings. The summed E-state index contributed by atoms with van der Waals surface area (Å²) in [5.74, 6) is -0.147. The van der Waals surface area contributed by atoms with Crippen LogP contribution in [0.5, 0.6) is 0 Å². The lowest BCUT2D eigenvalue weighted by Crippen LogP contribution is -2.03. The van der Waals surface area contributed by atoms with Gasteiger partial charge in [0, 0.05) is 12.1 Å². The zero-order valence-electron chi connectivity index (χ0n) is 12.9. The number of carbonyl (C=O) groups excluding carboxylic acids is 1. The lowest BCUT2D eigenvalue weighted by atomic mass is 10.0. The number of hydrogen-bond acceptors (Lipinski definition) is 6. The van der Waals surface area contributed by atoms with Crippen molar-refractivity contribution in [2.24, 2.45) is 5.10 Å². The monoisotopic (exact) mass is 317 g/mol. The van der Waals surface area contributed by atoms with Gasteiger partial charge >= 0.3 is 5.97 Å². The molecule has 0 saturated heterocycles. The number of benzene rings is 1. The largest absolute Gasteiger partial charge is 0.462 e. The maximum Gasteiger partial charge on any atom is 0.350 e. The number of anilines is 1. The average Bonchev–Trinajstić information content (AvgIpc) is 2.89. The predicted octanol–water partition coefficient (Wildman–Crippen LogP) is 3.83. The quantitative estimate of drug-likeness (QED) is 0.499. The molecule has 6 heteroatoms. The fourth-order valence-electron chi connectivity index (χ4n) is 1.88. The Labute approximate surface area is 134 Å². The molecule has 1 unspecified atom stereocenters. The van der Waals surface area contributed by atoms with Crippen molar-refractivity contribution in [2.45, 2.75) is 26.7 Å². The number of carbonyl (C=O) groups is 1. The number of esters is 1. The standard InChI is InChI=1S/C16H19N3O2S/c1-4-21-15(20)14-12(3)18-16(22-14)19-17-10-11(2)13-8-6-5-7-9-13/h5-11H,4H2,1-3H3,(H,18,19)/b17-10+. The van der Waals surface area contributed by atoms with E-state index in [0.29, 0.717) is 22.3 Å². The molecule has 0 aliphatic heterocycles. The van der Waals surface area contributed by atoms with Gasteiger partial charge in [-0.15, -0.1) is 0 Å². The molecule has 0 aliphatic carbocycles. The summed E-state index contributed by atoms with van der Waals surface area (Å²) in [6, 6.07) is 10.1. The van der Waals surface area contributed by atoms with Crippen LogP contribution in [0.15, 0.2) is 35.4 Å². The molecular formula is C16H19N3O2S. The average molecular weight is 317 g/mol. The van der Waals surface area contributed by atoms with E-state index in [1.54, 1.807) is 13.8 Å². The highest BCUT2D eigenvalue weighted by Gasteiger charge is 2.15. The lowest BCUT2D eigenvalue weighted by Gasteiger charge is -2.04. The van der Waals surface area contributed by atoms with Crippen LogP contribution >= 0.6 is 11.3 Å². The Morgan fingerprint density at radius 3 is 2.86 bits per heavy atom. The second kappa shape index (κ2) is 7.70. The van der Waals surface area contributed by atoms with E-state index in [1.165, 1.54) is 16.9 Å². The summed E-state index contributed by atoms with van der Waals surface area (Å²) in [6.07, 6.45) is 1.82. The summed E-state index contributed by atoms with van der Waals surface area (Å²) >= 11 is 1.24. The minimum atomic E-state index is -0.341. The van der Waals surface area contributed by atoms with Crippen molar-refractivity contribution in [3.05, 3.63) is 46.5 Å². The minimum absolute atomic E-state index is 0.194. The van der Waals surface area contributed by atoms with Crippen LogP contribution in [0.1, 0.15) is 40.7 Å². The van der Waals surface area contributed by atoms with Crippen molar-refractivity contribution < 1.29 is 9.53 Å². The van der Waals surface area contributed by atoms with Gasteiger partial charge in [0.05, 0.1) is 12.3 Å². The van der Waals surface area contributed by atoms with Gasteiger partial charge in [0.25, 0.3) is 0 Å². The molecule has 1 heterocycles. The van der Waals surface area contributed by atoms with Crippen LogP contribution in [0.3, 0.4) is 0 Å². The molecule has 2 rings (SSSR count). The van der Waals surface area contributed by atoms with Gasteiger partial charge in [0.1, 0.15) is 4.88 Å². The fraction of sp³-hybridized carbons (Fsp3) is 0.312. The summed E-state index contributed by atoms with van der Waals surface area (Å²) in [6.45, 7) is 5.98. The molecule has 22 heavy (non-hydrogen) atoms. The van der Waals surface area contributed by atoms with Crippen LogP contribution in [0.2, 0.25) is 0 Å². The third-order valence-corrected chi connectivity index (χ3v) is 4.08. The normalized spacial score (nSPS) is 12.3. The highest BCUT2D eigenvalue weighted by molar-refractivity contribution is 7.17. The molecule has 0 spiro atoms. The second-order valence-corrected chi connectivity index (χ2v) is 5.74. The first-order valence-corrected chi connectivity index (χ1v) is 7.92. The van der Waals surface area contributed by atoms with Gasteiger partial charge in [-0.2, -0.15) is 5.10 Å². The van der Waals surface area contributed by atoms with Gasteiger partial charge in [0.15, 0.2) is 0 Å². The third kappa shape index (κ3) is 4.14. The SMILES string of the molecule is CCOC(=O)c1sc(N/N=C/C(C)c2ccccc2)nc1C. The number of nitrogens with zero attached hydrogens (tertiary/aromatic N) is 2. The number of nitrogens with one attached hydrogen (secondary N) is 1. The van der Waals surface area contributed by atoms with Gasteiger partial charge in [0.2, 0.25) is 5.13 Å². The zero-order valence-corrected chi connectivity index (χ0v) is 13.7. The van der Waals surface area contributed by atoms with Crippen LogP contribution in [0.25, 0.3) is 0 Å². The van der Waals surface area contributed by atoms with Gasteiger partial charge in [-0.3, -0.25) is 5.43 Å². The number of thiazole rings is 1. The van der Waals surface area contributed by atoms with E-state index in [-0.39, 0.29) is 11.9 Å². The van der Waals surface area contributed by atoms with Crippen molar-refractivity contribution in [3.8, 4) is 0 Å². The first kappa shape index (κ1) is 16.2. The maximum atomic E-state index is 11.7. The molecule has 0 bridgehead atoms. The Hall–Kier alpha value is -2.21. The summed E-state index contributed by atoms with van der Waals surface area (Å²) < 4.78 is 4.99. The highest BCUT2D eigenvalue weighted by Crippen LogP contribution is 2.23. The number of ether oxygens (including phenoxy) is 1. The predicted molar refractivity (Wildman–Crippen MR) is 89.8 cm³/mol. The minimum Gasteiger partial charge on any atom is -0.462 e. The summed E-state index contributed by atoms with van der Waals surface area (Å²) in [5, 5.41) is 4.78. The van der Waals surface area contributed by atoms with Crippen LogP contribution in [0.4, 0.5) is 5.13 Å². The Balaban J connectivity index is 1.98. The molecule has 0 saturated carbocycles. The van der Waals surface area contributed by atoms with Gasteiger partial charge in [-0.05, 0) is 19.4 Å². The van der Waals surface area contributed by atoms with Crippen molar-refractivity contribution >= 4 is 28.7 Å². The molecule has 0 aliphatic rings. The maximum absolute atomic E-state index is 11.7. The number of hydrazone groups is 1. The molecule has 116 valence electrons. The van der Waals surface area contributed by atoms with E-state index in [9.17, 15) is 4.79 Å². The summed E-state index contributed by atoms with van der Waals surface area (Å²) in [4.78, 5) is 16.5. The topological polar surface area (TPSA) is 63.6 Å². The Morgan fingerprint density at radius 1 is 1.45 bits per heavy atom. The molecule has 1 aromatic heterocycles. The van der Waals surface area contributed by atoms with Crippen molar-refractivity contribution in [1.29, 1.82) is 0 Å². The summed E-state index contributed by atoms with van der Waals surface area (Å²) in [5.41, 5.74) is 4.71. The summed E-state index contributed by atoms with van der Waals surface area (Å²) in [7, 11) is 0. The van der Waals surface area contributed by atoms with E-state index in [2.05, 4.69) is 34.6 Å². The highest BCUT2D eigenvalue weighted by atomic mass is 32.1. The van der Waals surface area contributed by atoms with Crippen LogP contribution < -0.4 is 5.43 Å². The van der Waals surface area contributed by atoms with E-state index in [1.807, 2.05) is 24.4 Å². The van der Waals surface area contributed by atoms with Gasteiger partial charge in [-0.1, -0.05) is 48.6 Å². The molecule has 2 aromatic rings. The first-order chi connectivity index (χ1) is 10.6. The van der Waals surface area contributed by atoms with Gasteiger partial charge < -0.3 is 4.74 Å². The molecule has 1 N–H and O–H groups in total. The Kier molecular flexibility index (Phi) is 5.66. The second-order valence-electron chi connectivity index (χ2n) is 4.74. The van der Waals surface area contributed by atoms with Gasteiger partial charge in [-0.25, -0.2) is 9.78 Å². The smallest absolute Gasteiger partial charge is 0.350 e. The zero-order chi connectivity index (χ0) is 15.9. The van der Waals surface area contributed by atoms with E-state index in [4.69, 9.17) is 4.74 Å². The van der Waals surface area contributed by atoms with Crippen molar-refractivity contribution in [3.63, 3.8) is 0 Å². The Bertz CT molecular complexity index is 653. The Morgan fingerprint density at radius 2 is 2.18 bits per heavy atom. The molecule has 5 nitrogen and oxygen atoms in total. The molecule has 0 radical (unpaired) electrons. The number of hydrogen-bond donors (Lipinski definition) is 1. The molecule has 1 atom stereocenters. The van der Waals surface area contributed by atoms with Crippen molar-refractivity contribution in [2.75, 3.05) is 12.0 Å². The number of rotatable bonds is 6. The number of aromatic nitrogens is 1. The molecule has 1 aromatic carbocycles. The lowest BCUT2D eigenvalue weighted by molar-refractivity contribution is 0.0531. The fourth-order valence-corrected chi connectivity index (χ4v) is 2.69. The number of aryl methyl sites for hydroxylation is 1. The van der Waals surface area contributed by atoms with E-state index < -0.39 is 0 Å². The van der Waals surface area contributed by atoms with Crippen molar-refractivity contribution in [1.82, 2.24) is 4.98 Å². The third-order valence-electron chi connectivity index (χ3n) is 3.04. The first-order valence-electron chi connectivity index (χ1n) is 7.10. The molecular weight excluding hydrogens is 298 g/mol.